The quantitative estimate of drug-likeness (QED) is 0.778. The molecule has 0 aliphatic rings. The molecule has 0 aliphatic carbocycles. The third-order valence-corrected chi connectivity index (χ3v) is 4.24. The van der Waals surface area contributed by atoms with Crippen LogP contribution >= 0.6 is 11.3 Å². The minimum Gasteiger partial charge on any atom is -0.310 e. The fourth-order valence-electron chi connectivity index (χ4n) is 2.60. The van der Waals surface area contributed by atoms with E-state index in [1.54, 1.807) is 23.5 Å². The first-order valence-electron chi connectivity index (χ1n) is 7.07. The Kier molecular flexibility index (Phi) is 4.03. The summed E-state index contributed by atoms with van der Waals surface area (Å²) in [6, 6.07) is 5.28. The van der Waals surface area contributed by atoms with Crippen molar-refractivity contribution in [3.05, 3.63) is 58.6 Å². The van der Waals surface area contributed by atoms with E-state index in [0.717, 1.165) is 34.7 Å². The van der Waals surface area contributed by atoms with Gasteiger partial charge in [-0.15, -0.1) is 11.3 Å². The maximum Gasteiger partial charge on any atom is 0.193 e. The summed E-state index contributed by atoms with van der Waals surface area (Å²) in [6.45, 7) is 4.82. The Morgan fingerprint density at radius 1 is 1.38 bits per heavy atom. The molecule has 2 heterocycles. The lowest BCUT2D eigenvalue weighted by Gasteiger charge is -2.18. The molecule has 3 aromatic rings. The highest BCUT2D eigenvalue weighted by molar-refractivity contribution is 7.15. The molecule has 1 aromatic carbocycles. The Labute approximate surface area is 127 Å². The molecule has 5 heteroatoms. The van der Waals surface area contributed by atoms with Crippen LogP contribution in [-0.4, -0.2) is 15.9 Å². The lowest BCUT2D eigenvalue weighted by molar-refractivity contribution is 0.538. The molecule has 0 radical (unpaired) electrons. The van der Waals surface area contributed by atoms with Gasteiger partial charge in [0.25, 0.3) is 0 Å². The zero-order valence-electron chi connectivity index (χ0n) is 12.1. The maximum atomic E-state index is 13.6. The molecule has 3 nitrogen and oxygen atoms in total. The lowest BCUT2D eigenvalue weighted by atomic mass is 10.00. The molecule has 0 saturated heterocycles. The molecule has 3 rings (SSSR count). The normalized spacial score (nSPS) is 12.9. The Morgan fingerprint density at radius 3 is 2.95 bits per heavy atom. The summed E-state index contributed by atoms with van der Waals surface area (Å²) in [4.78, 5) is 5.61. The van der Waals surface area contributed by atoms with Gasteiger partial charge >= 0.3 is 0 Å². The van der Waals surface area contributed by atoms with Crippen molar-refractivity contribution >= 4 is 16.3 Å². The Morgan fingerprint density at radius 2 is 2.24 bits per heavy atom. The molecule has 0 spiro atoms. The second-order valence-corrected chi connectivity index (χ2v) is 6.07. The van der Waals surface area contributed by atoms with E-state index in [9.17, 15) is 4.39 Å². The second-order valence-electron chi connectivity index (χ2n) is 5.20. The van der Waals surface area contributed by atoms with Crippen LogP contribution in [0.25, 0.3) is 4.96 Å². The SMILES string of the molecule is CCNC(Cc1cn2ccsc2n1)c1cc(C)cc(F)c1. The van der Waals surface area contributed by atoms with E-state index in [1.807, 2.05) is 35.2 Å². The third kappa shape index (κ3) is 3.14. The molecule has 110 valence electrons. The number of imidazole rings is 1. The van der Waals surface area contributed by atoms with Gasteiger partial charge in [-0.2, -0.15) is 0 Å². The second kappa shape index (κ2) is 5.95. The number of benzene rings is 1. The van der Waals surface area contributed by atoms with Crippen LogP contribution in [0.5, 0.6) is 0 Å². The number of halogens is 1. The van der Waals surface area contributed by atoms with Crippen LogP contribution in [0.1, 0.15) is 29.8 Å². The topological polar surface area (TPSA) is 29.3 Å². The number of thiazole rings is 1. The minimum absolute atomic E-state index is 0.0778. The highest BCUT2D eigenvalue weighted by atomic mass is 32.1. The van der Waals surface area contributed by atoms with E-state index in [1.165, 1.54) is 0 Å². The highest BCUT2D eigenvalue weighted by Crippen LogP contribution is 2.22. The van der Waals surface area contributed by atoms with Crippen molar-refractivity contribution in [2.24, 2.45) is 0 Å². The summed E-state index contributed by atoms with van der Waals surface area (Å²) in [6.07, 6.45) is 4.80. The lowest BCUT2D eigenvalue weighted by Crippen LogP contribution is -2.23. The summed E-state index contributed by atoms with van der Waals surface area (Å²) >= 11 is 1.62. The van der Waals surface area contributed by atoms with Crippen LogP contribution < -0.4 is 5.32 Å². The number of nitrogens with one attached hydrogen (secondary N) is 1. The molecule has 2 aromatic heterocycles. The van der Waals surface area contributed by atoms with Crippen molar-refractivity contribution in [2.45, 2.75) is 26.3 Å². The van der Waals surface area contributed by atoms with Crippen LogP contribution in [0.15, 0.2) is 36.0 Å². The van der Waals surface area contributed by atoms with Gasteiger partial charge in [0.2, 0.25) is 0 Å². The van der Waals surface area contributed by atoms with Crippen LogP contribution in [0.2, 0.25) is 0 Å². The zero-order valence-corrected chi connectivity index (χ0v) is 13.0. The number of fused-ring (bicyclic) bond motifs is 1. The Bertz CT molecular complexity index is 698. The molecule has 21 heavy (non-hydrogen) atoms. The molecule has 0 amide bonds. The molecule has 0 bridgehead atoms. The fourth-order valence-corrected chi connectivity index (χ4v) is 3.32. The summed E-state index contributed by atoms with van der Waals surface area (Å²) in [5.41, 5.74) is 2.94. The molecule has 1 atom stereocenters. The van der Waals surface area contributed by atoms with Gasteiger partial charge in [0.15, 0.2) is 4.96 Å². The average molecular weight is 303 g/mol. The summed E-state index contributed by atoms with van der Waals surface area (Å²) < 4.78 is 15.7. The van der Waals surface area contributed by atoms with Crippen LogP contribution in [0.3, 0.4) is 0 Å². The van der Waals surface area contributed by atoms with Crippen LogP contribution in [0.4, 0.5) is 4.39 Å². The minimum atomic E-state index is -0.182. The molecule has 1 unspecified atom stereocenters. The summed E-state index contributed by atoms with van der Waals surface area (Å²) in [7, 11) is 0. The van der Waals surface area contributed by atoms with E-state index >= 15 is 0 Å². The first-order valence-corrected chi connectivity index (χ1v) is 7.95. The third-order valence-electron chi connectivity index (χ3n) is 3.47. The number of nitrogens with zero attached hydrogens (tertiary/aromatic N) is 2. The molecule has 0 saturated carbocycles. The van der Waals surface area contributed by atoms with E-state index < -0.39 is 0 Å². The van der Waals surface area contributed by atoms with Crippen molar-refractivity contribution in [3.8, 4) is 0 Å². The smallest absolute Gasteiger partial charge is 0.193 e. The zero-order chi connectivity index (χ0) is 14.8. The van der Waals surface area contributed by atoms with Crippen molar-refractivity contribution < 1.29 is 4.39 Å². The monoisotopic (exact) mass is 303 g/mol. The first kappa shape index (κ1) is 14.2. The number of hydrogen-bond donors (Lipinski definition) is 1. The van der Waals surface area contributed by atoms with Crippen LogP contribution in [0, 0.1) is 12.7 Å². The summed E-state index contributed by atoms with van der Waals surface area (Å²) in [5.74, 6) is -0.182. The summed E-state index contributed by atoms with van der Waals surface area (Å²) in [5, 5.41) is 5.44. The first-order chi connectivity index (χ1) is 10.2. The molecular formula is C16H18FN3S. The van der Waals surface area contributed by atoms with Gasteiger partial charge in [-0.3, -0.25) is 4.40 Å². The van der Waals surface area contributed by atoms with E-state index in [4.69, 9.17) is 0 Å². The predicted molar refractivity (Wildman–Crippen MR) is 84.3 cm³/mol. The van der Waals surface area contributed by atoms with E-state index in [2.05, 4.69) is 17.2 Å². The number of rotatable bonds is 5. The fraction of sp³-hybridized carbons (Fsp3) is 0.312. The molecule has 0 aliphatic heterocycles. The molecule has 1 N–H and O–H groups in total. The Balaban J connectivity index is 1.88. The average Bonchev–Trinajstić information content (AvgIpc) is 2.97. The van der Waals surface area contributed by atoms with Gasteiger partial charge in [-0.05, 0) is 36.7 Å². The van der Waals surface area contributed by atoms with Crippen molar-refractivity contribution in [3.63, 3.8) is 0 Å². The number of hydrogen-bond acceptors (Lipinski definition) is 3. The number of likely N-dealkylation sites (N-methyl/N-ethyl adjacent to an activating group) is 1. The largest absolute Gasteiger partial charge is 0.310 e. The highest BCUT2D eigenvalue weighted by Gasteiger charge is 2.15. The van der Waals surface area contributed by atoms with Crippen LogP contribution in [-0.2, 0) is 6.42 Å². The van der Waals surface area contributed by atoms with Gasteiger partial charge in [0.05, 0.1) is 5.69 Å². The van der Waals surface area contributed by atoms with Crippen molar-refractivity contribution in [1.82, 2.24) is 14.7 Å². The Hall–Kier alpha value is -1.72. The standard InChI is InChI=1S/C16H18FN3S/c1-3-18-15(12-6-11(2)7-13(17)8-12)9-14-10-20-4-5-21-16(20)19-14/h4-8,10,15,18H,3,9H2,1-2H3. The van der Waals surface area contributed by atoms with E-state index in [-0.39, 0.29) is 11.9 Å². The molecular weight excluding hydrogens is 285 g/mol. The predicted octanol–water partition coefficient (Wildman–Crippen LogP) is 3.74. The van der Waals surface area contributed by atoms with Gasteiger partial charge in [0.1, 0.15) is 5.82 Å². The van der Waals surface area contributed by atoms with Gasteiger partial charge in [0, 0.05) is 30.2 Å². The molecule has 0 fully saturated rings. The van der Waals surface area contributed by atoms with E-state index in [0.29, 0.717) is 0 Å². The number of aryl methyl sites for hydroxylation is 1. The van der Waals surface area contributed by atoms with Gasteiger partial charge < -0.3 is 5.32 Å². The maximum absolute atomic E-state index is 13.6. The van der Waals surface area contributed by atoms with Gasteiger partial charge in [-0.25, -0.2) is 9.37 Å². The van der Waals surface area contributed by atoms with Crippen molar-refractivity contribution in [1.29, 1.82) is 0 Å². The van der Waals surface area contributed by atoms with Crippen molar-refractivity contribution in [2.75, 3.05) is 6.54 Å². The number of aromatic nitrogens is 2. The van der Waals surface area contributed by atoms with Gasteiger partial charge in [-0.1, -0.05) is 13.0 Å².